The van der Waals surface area contributed by atoms with Gasteiger partial charge in [-0.2, -0.15) is 10.5 Å². The number of fused-ring (bicyclic) bond motifs is 2. The predicted molar refractivity (Wildman–Crippen MR) is 104 cm³/mol. The van der Waals surface area contributed by atoms with Crippen LogP contribution in [0, 0.1) is 29.6 Å². The van der Waals surface area contributed by atoms with E-state index in [1.165, 1.54) is 0 Å². The van der Waals surface area contributed by atoms with Gasteiger partial charge in [0.05, 0.1) is 23.1 Å². The number of H-pyrrole nitrogens is 1. The molecule has 0 spiro atoms. The molecular formula is C23H19N3O. The molecular weight excluding hydrogens is 334 g/mol. The molecule has 0 saturated carbocycles. The van der Waals surface area contributed by atoms with Gasteiger partial charge in [0.25, 0.3) is 5.56 Å². The smallest absolute Gasteiger partial charge is 0.251 e. The Kier molecular flexibility index (Phi) is 3.86. The zero-order valence-corrected chi connectivity index (χ0v) is 15.3. The minimum atomic E-state index is -0.713. The molecule has 0 unspecified atom stereocenters. The lowest BCUT2D eigenvalue weighted by Gasteiger charge is -2.30. The van der Waals surface area contributed by atoms with Crippen molar-refractivity contribution in [2.45, 2.75) is 38.0 Å². The molecule has 27 heavy (non-hydrogen) atoms. The van der Waals surface area contributed by atoms with Crippen LogP contribution in [-0.4, -0.2) is 4.98 Å². The number of benzene rings is 2. The molecule has 132 valence electrons. The third-order valence-corrected chi connectivity index (χ3v) is 5.91. The fourth-order valence-corrected chi connectivity index (χ4v) is 4.26. The summed E-state index contributed by atoms with van der Waals surface area (Å²) in [6.45, 7) is 3.76. The third kappa shape index (κ3) is 2.62. The van der Waals surface area contributed by atoms with Crippen molar-refractivity contribution in [3.63, 3.8) is 0 Å². The molecule has 0 radical (unpaired) electrons. The first kappa shape index (κ1) is 17.1. The Hall–Kier alpha value is -3.37. The van der Waals surface area contributed by atoms with Gasteiger partial charge in [-0.25, -0.2) is 0 Å². The Bertz CT molecular complexity index is 1210. The highest BCUT2D eigenvalue weighted by molar-refractivity contribution is 5.80. The second-order valence-corrected chi connectivity index (χ2v) is 7.51. The number of nitrogens with zero attached hydrogens (tertiary/aromatic N) is 2. The van der Waals surface area contributed by atoms with Gasteiger partial charge in [0.2, 0.25) is 0 Å². The van der Waals surface area contributed by atoms with E-state index in [0.29, 0.717) is 11.1 Å². The van der Waals surface area contributed by atoms with Gasteiger partial charge in [-0.15, -0.1) is 0 Å². The van der Waals surface area contributed by atoms with Crippen molar-refractivity contribution in [3.05, 3.63) is 80.6 Å². The van der Waals surface area contributed by atoms with E-state index in [2.05, 4.69) is 17.1 Å². The van der Waals surface area contributed by atoms with E-state index in [-0.39, 0.29) is 11.5 Å². The molecule has 1 heterocycles. The molecule has 2 atom stereocenters. The minimum absolute atomic E-state index is 0.0554. The summed E-state index contributed by atoms with van der Waals surface area (Å²) in [6, 6.07) is 18.3. The number of nitriles is 2. The molecule has 4 nitrogen and oxygen atoms in total. The number of pyridine rings is 1. The highest BCUT2D eigenvalue weighted by Gasteiger charge is 2.41. The lowest BCUT2D eigenvalue weighted by Crippen LogP contribution is -2.27. The maximum atomic E-state index is 12.0. The van der Waals surface area contributed by atoms with Crippen molar-refractivity contribution in [1.82, 2.24) is 4.98 Å². The number of aromatic amines is 1. The summed E-state index contributed by atoms with van der Waals surface area (Å²) in [4.78, 5) is 14.9. The maximum Gasteiger partial charge on any atom is 0.251 e. The topological polar surface area (TPSA) is 80.4 Å². The molecule has 3 aromatic rings. The lowest BCUT2D eigenvalue weighted by molar-refractivity contribution is 0.470. The standard InChI is InChI=1S/C23H19N3O/c1-14-9-17-4-6-18(11-21(17)26-22(14)27)23(2,13-25)20-8-5-16-10-15(12-24)3-7-19(16)20/h3-4,6-7,9-11,20H,5,8H2,1-2H3,(H,26,27)/t20-,23-/m1/s1. The molecule has 1 aliphatic carbocycles. The van der Waals surface area contributed by atoms with Crippen LogP contribution < -0.4 is 5.56 Å². The number of hydrogen-bond acceptors (Lipinski definition) is 3. The van der Waals surface area contributed by atoms with E-state index in [0.717, 1.165) is 40.4 Å². The molecule has 0 fully saturated rings. The SMILES string of the molecule is Cc1cc2ccc([C@@](C)(C#N)[C@@H]3CCc4cc(C#N)ccc43)cc2[nH]c1=O. The zero-order chi connectivity index (χ0) is 19.2. The normalized spacial score (nSPS) is 17.7. The summed E-state index contributed by atoms with van der Waals surface area (Å²) in [5.41, 5.74) is 4.48. The number of rotatable bonds is 2. The van der Waals surface area contributed by atoms with Crippen LogP contribution in [0.25, 0.3) is 10.9 Å². The number of aryl methyl sites for hydroxylation is 2. The Balaban J connectivity index is 1.84. The van der Waals surface area contributed by atoms with Crippen molar-refractivity contribution in [2.75, 3.05) is 0 Å². The van der Waals surface area contributed by atoms with Gasteiger partial charge in [-0.05, 0) is 73.0 Å². The van der Waals surface area contributed by atoms with Crippen molar-refractivity contribution >= 4 is 10.9 Å². The van der Waals surface area contributed by atoms with Gasteiger partial charge in [0.1, 0.15) is 0 Å². The molecule has 0 amide bonds. The van der Waals surface area contributed by atoms with Gasteiger partial charge >= 0.3 is 0 Å². The number of aromatic nitrogens is 1. The average Bonchev–Trinajstić information content (AvgIpc) is 3.11. The molecule has 2 aromatic carbocycles. The van der Waals surface area contributed by atoms with Crippen molar-refractivity contribution in [3.8, 4) is 12.1 Å². The second-order valence-electron chi connectivity index (χ2n) is 7.51. The van der Waals surface area contributed by atoms with Gasteiger partial charge in [-0.1, -0.05) is 18.2 Å². The van der Waals surface area contributed by atoms with Crippen LogP contribution >= 0.6 is 0 Å². The van der Waals surface area contributed by atoms with Crippen LogP contribution in [0.3, 0.4) is 0 Å². The van der Waals surface area contributed by atoms with E-state index in [9.17, 15) is 10.1 Å². The Labute approximate surface area is 157 Å². The largest absolute Gasteiger partial charge is 0.322 e. The summed E-state index contributed by atoms with van der Waals surface area (Å²) in [5.74, 6) is 0.0554. The Morgan fingerprint density at radius 2 is 1.96 bits per heavy atom. The number of nitrogens with one attached hydrogen (secondary N) is 1. The summed E-state index contributed by atoms with van der Waals surface area (Å²) < 4.78 is 0. The molecule has 1 aromatic heterocycles. The number of hydrogen-bond donors (Lipinski definition) is 1. The summed E-state index contributed by atoms with van der Waals surface area (Å²) >= 11 is 0. The van der Waals surface area contributed by atoms with Gasteiger partial charge < -0.3 is 4.98 Å². The first-order valence-corrected chi connectivity index (χ1v) is 9.04. The van der Waals surface area contributed by atoms with E-state index in [1.54, 1.807) is 6.92 Å². The average molecular weight is 353 g/mol. The maximum absolute atomic E-state index is 12.0. The zero-order valence-electron chi connectivity index (χ0n) is 15.3. The van der Waals surface area contributed by atoms with E-state index >= 15 is 0 Å². The molecule has 0 aliphatic heterocycles. The van der Waals surface area contributed by atoms with E-state index in [4.69, 9.17) is 5.26 Å². The van der Waals surface area contributed by atoms with Crippen molar-refractivity contribution in [1.29, 1.82) is 10.5 Å². The first-order valence-electron chi connectivity index (χ1n) is 9.04. The van der Waals surface area contributed by atoms with E-state index in [1.807, 2.05) is 49.4 Å². The quantitative estimate of drug-likeness (QED) is 0.749. The van der Waals surface area contributed by atoms with Crippen LogP contribution in [0.15, 0.2) is 47.3 Å². The van der Waals surface area contributed by atoms with E-state index < -0.39 is 5.41 Å². The molecule has 1 N–H and O–H groups in total. The van der Waals surface area contributed by atoms with Gasteiger partial charge in [0.15, 0.2) is 0 Å². The van der Waals surface area contributed by atoms with Gasteiger partial charge in [-0.3, -0.25) is 4.79 Å². The van der Waals surface area contributed by atoms with Crippen molar-refractivity contribution in [2.24, 2.45) is 0 Å². The summed E-state index contributed by atoms with van der Waals surface area (Å²) in [7, 11) is 0. The molecule has 4 rings (SSSR count). The van der Waals surface area contributed by atoms with Gasteiger partial charge in [0, 0.05) is 17.0 Å². The third-order valence-electron chi connectivity index (χ3n) is 5.91. The monoisotopic (exact) mass is 353 g/mol. The molecule has 1 aliphatic rings. The van der Waals surface area contributed by atoms with Crippen molar-refractivity contribution < 1.29 is 0 Å². The minimum Gasteiger partial charge on any atom is -0.322 e. The predicted octanol–water partition coefficient (Wildman–Crippen LogP) is 4.22. The molecule has 4 heteroatoms. The fraction of sp³-hybridized carbons (Fsp3) is 0.261. The summed E-state index contributed by atoms with van der Waals surface area (Å²) in [5, 5.41) is 20.2. The molecule has 0 saturated heterocycles. The summed E-state index contributed by atoms with van der Waals surface area (Å²) in [6.07, 6.45) is 1.74. The van der Waals surface area contributed by atoms with Crippen LogP contribution in [0.4, 0.5) is 0 Å². The molecule has 0 bridgehead atoms. The highest BCUT2D eigenvalue weighted by Crippen LogP contribution is 2.47. The first-order chi connectivity index (χ1) is 13.0. The highest BCUT2D eigenvalue weighted by atomic mass is 16.1. The second kappa shape index (κ2) is 6.11. The van der Waals surface area contributed by atoms with Crippen LogP contribution in [0.1, 0.15) is 47.1 Å². The Morgan fingerprint density at radius 3 is 2.70 bits per heavy atom. The fourth-order valence-electron chi connectivity index (χ4n) is 4.26. The van der Waals surface area contributed by atoms with Crippen LogP contribution in [0.5, 0.6) is 0 Å². The lowest BCUT2D eigenvalue weighted by atomic mass is 9.70. The van der Waals surface area contributed by atoms with Crippen LogP contribution in [-0.2, 0) is 11.8 Å². The van der Waals surface area contributed by atoms with Crippen LogP contribution in [0.2, 0.25) is 0 Å². The Morgan fingerprint density at radius 1 is 1.15 bits per heavy atom.